The van der Waals surface area contributed by atoms with E-state index in [9.17, 15) is 22.8 Å². The lowest BCUT2D eigenvalue weighted by atomic mass is 10.1. The summed E-state index contributed by atoms with van der Waals surface area (Å²) in [7, 11) is 1.49. The Morgan fingerprint density at radius 1 is 1.42 bits per heavy atom. The Kier molecular flexibility index (Phi) is 5.71. The molecule has 0 bridgehead atoms. The number of carbonyl (C=O) groups excluding carboxylic acids is 2. The average Bonchev–Trinajstić information content (AvgIpc) is 3.01. The first-order chi connectivity index (χ1) is 11.2. The highest BCUT2D eigenvalue weighted by Crippen LogP contribution is 2.36. The Bertz CT molecular complexity index is 631. The molecule has 5 nitrogen and oxygen atoms in total. The number of alkyl halides is 3. The lowest BCUT2D eigenvalue weighted by molar-refractivity contribution is -0.137. The van der Waals surface area contributed by atoms with Crippen LogP contribution >= 0.6 is 11.6 Å². The molecule has 1 aliphatic heterocycles. The van der Waals surface area contributed by atoms with E-state index in [0.717, 1.165) is 18.7 Å². The van der Waals surface area contributed by atoms with Gasteiger partial charge in [-0.05, 0) is 31.2 Å². The van der Waals surface area contributed by atoms with Gasteiger partial charge in [0.05, 0.1) is 23.0 Å². The molecule has 9 heteroatoms. The molecule has 0 radical (unpaired) electrons. The Labute approximate surface area is 142 Å². The van der Waals surface area contributed by atoms with Crippen LogP contribution in [0, 0.1) is 5.92 Å². The van der Waals surface area contributed by atoms with Crippen molar-refractivity contribution in [3.8, 4) is 0 Å². The average molecular weight is 364 g/mol. The molecule has 24 heavy (non-hydrogen) atoms. The molecule has 2 amide bonds. The van der Waals surface area contributed by atoms with E-state index in [-0.39, 0.29) is 24.1 Å². The fourth-order valence-electron chi connectivity index (χ4n) is 2.49. The first kappa shape index (κ1) is 18.5. The summed E-state index contributed by atoms with van der Waals surface area (Å²) in [5, 5.41) is 4.97. The van der Waals surface area contributed by atoms with Crippen LogP contribution in [0.1, 0.15) is 12.0 Å². The van der Waals surface area contributed by atoms with Gasteiger partial charge >= 0.3 is 6.18 Å². The van der Waals surface area contributed by atoms with Crippen molar-refractivity contribution < 1.29 is 22.8 Å². The lowest BCUT2D eigenvalue weighted by Crippen LogP contribution is -2.39. The summed E-state index contributed by atoms with van der Waals surface area (Å²) in [5.41, 5.74) is -1.05. The molecule has 1 aromatic rings. The zero-order chi connectivity index (χ0) is 17.9. The number of anilines is 1. The Morgan fingerprint density at radius 2 is 2.12 bits per heavy atom. The first-order valence-corrected chi connectivity index (χ1v) is 7.68. The molecule has 1 saturated heterocycles. The molecule has 0 aliphatic carbocycles. The van der Waals surface area contributed by atoms with Crippen LogP contribution in [-0.4, -0.2) is 43.4 Å². The van der Waals surface area contributed by atoms with Crippen molar-refractivity contribution in [3.05, 3.63) is 28.8 Å². The molecule has 1 unspecified atom stereocenters. The third-order valence-electron chi connectivity index (χ3n) is 3.72. The third-order valence-corrected chi connectivity index (χ3v) is 4.05. The van der Waals surface area contributed by atoms with E-state index in [1.54, 1.807) is 0 Å². The van der Waals surface area contributed by atoms with Crippen LogP contribution in [0.2, 0.25) is 5.02 Å². The molecule has 2 N–H and O–H groups in total. The van der Waals surface area contributed by atoms with E-state index >= 15 is 0 Å². The van der Waals surface area contributed by atoms with E-state index < -0.39 is 22.7 Å². The second-order valence-corrected chi connectivity index (χ2v) is 6.03. The molecule has 1 aliphatic rings. The number of amides is 2. The number of carbonyl (C=O) groups is 2. The number of rotatable bonds is 4. The Balaban J connectivity index is 1.98. The fraction of sp³-hybridized carbons (Fsp3) is 0.467. The highest BCUT2D eigenvalue weighted by molar-refractivity contribution is 6.31. The van der Waals surface area contributed by atoms with Gasteiger partial charge in [0.2, 0.25) is 11.8 Å². The highest BCUT2D eigenvalue weighted by atomic mass is 35.5. The van der Waals surface area contributed by atoms with Crippen LogP contribution in [0.3, 0.4) is 0 Å². The number of benzene rings is 1. The summed E-state index contributed by atoms with van der Waals surface area (Å²) in [4.78, 5) is 25.3. The number of nitrogens with zero attached hydrogens (tertiary/aromatic N) is 1. The van der Waals surface area contributed by atoms with E-state index in [4.69, 9.17) is 11.6 Å². The Morgan fingerprint density at radius 3 is 2.71 bits per heavy atom. The van der Waals surface area contributed by atoms with Crippen LogP contribution < -0.4 is 10.6 Å². The second kappa shape index (κ2) is 7.40. The normalized spacial score (nSPS) is 17.6. The maximum atomic E-state index is 12.8. The number of nitrogens with one attached hydrogen (secondary N) is 2. The van der Waals surface area contributed by atoms with Gasteiger partial charge < -0.3 is 15.5 Å². The van der Waals surface area contributed by atoms with Crippen LogP contribution in [-0.2, 0) is 15.8 Å². The van der Waals surface area contributed by atoms with Gasteiger partial charge in [0.1, 0.15) is 0 Å². The minimum Gasteiger partial charge on any atom is -0.336 e. The summed E-state index contributed by atoms with van der Waals surface area (Å²) >= 11 is 5.52. The van der Waals surface area contributed by atoms with Gasteiger partial charge in [-0.1, -0.05) is 11.6 Å². The van der Waals surface area contributed by atoms with E-state index in [2.05, 4.69) is 10.6 Å². The van der Waals surface area contributed by atoms with Gasteiger partial charge in [-0.15, -0.1) is 0 Å². The minimum atomic E-state index is -4.61. The lowest BCUT2D eigenvalue weighted by Gasteiger charge is -2.20. The van der Waals surface area contributed by atoms with Crippen LogP contribution in [0.5, 0.6) is 0 Å². The van der Waals surface area contributed by atoms with Crippen molar-refractivity contribution >= 4 is 29.1 Å². The predicted octanol–water partition coefficient (Wildman–Crippen LogP) is 2.37. The maximum Gasteiger partial charge on any atom is 0.417 e. The number of hydrogen-bond acceptors (Lipinski definition) is 3. The van der Waals surface area contributed by atoms with Gasteiger partial charge in [-0.3, -0.25) is 9.59 Å². The Hall–Kier alpha value is -1.80. The predicted molar refractivity (Wildman–Crippen MR) is 83.7 cm³/mol. The first-order valence-electron chi connectivity index (χ1n) is 7.31. The van der Waals surface area contributed by atoms with Crippen molar-refractivity contribution in [2.75, 3.05) is 32.0 Å². The summed E-state index contributed by atoms with van der Waals surface area (Å²) < 4.78 is 38.4. The summed E-state index contributed by atoms with van der Waals surface area (Å²) in [6.45, 7) is 1.08. The zero-order valence-electron chi connectivity index (χ0n) is 12.9. The molecule has 2 rings (SSSR count). The molecule has 132 valence electrons. The molecular weight excluding hydrogens is 347 g/mol. The van der Waals surface area contributed by atoms with Gasteiger partial charge in [0.15, 0.2) is 0 Å². The fourth-order valence-corrected chi connectivity index (χ4v) is 2.72. The van der Waals surface area contributed by atoms with Gasteiger partial charge in [-0.25, -0.2) is 0 Å². The highest BCUT2D eigenvalue weighted by Gasteiger charge is 2.33. The molecule has 1 aromatic carbocycles. The van der Waals surface area contributed by atoms with Gasteiger partial charge in [-0.2, -0.15) is 13.2 Å². The molecule has 1 heterocycles. The second-order valence-electron chi connectivity index (χ2n) is 5.62. The molecule has 0 aromatic heterocycles. The monoisotopic (exact) mass is 363 g/mol. The molecule has 1 atom stereocenters. The van der Waals surface area contributed by atoms with Gasteiger partial charge in [0.25, 0.3) is 0 Å². The summed E-state index contributed by atoms with van der Waals surface area (Å²) in [6.07, 6.45) is -3.91. The molecular formula is C15H17ClF3N3O2. The summed E-state index contributed by atoms with van der Waals surface area (Å²) in [5.74, 6) is -0.912. The molecule has 0 saturated carbocycles. The smallest absolute Gasteiger partial charge is 0.336 e. The quantitative estimate of drug-likeness (QED) is 0.863. The summed E-state index contributed by atoms with van der Waals surface area (Å²) in [6, 6.07) is 3.11. The van der Waals surface area contributed by atoms with Crippen LogP contribution in [0.15, 0.2) is 18.2 Å². The van der Waals surface area contributed by atoms with Gasteiger partial charge in [0, 0.05) is 19.3 Å². The molecule has 1 fully saturated rings. The minimum absolute atomic E-state index is 0.0277. The molecule has 0 spiro atoms. The third kappa shape index (κ3) is 4.61. The zero-order valence-corrected chi connectivity index (χ0v) is 13.7. The van der Waals surface area contributed by atoms with Crippen molar-refractivity contribution in [1.82, 2.24) is 10.2 Å². The van der Waals surface area contributed by atoms with E-state index in [1.165, 1.54) is 18.0 Å². The van der Waals surface area contributed by atoms with Crippen LogP contribution in [0.4, 0.5) is 18.9 Å². The SMILES string of the molecule is CN(CC(=O)Nc1ccc(Cl)c(C(F)(F)F)c1)C(=O)C1CCNC1. The van der Waals surface area contributed by atoms with Crippen molar-refractivity contribution in [2.24, 2.45) is 5.92 Å². The van der Waals surface area contributed by atoms with E-state index in [1.807, 2.05) is 0 Å². The van der Waals surface area contributed by atoms with Crippen molar-refractivity contribution in [1.29, 1.82) is 0 Å². The van der Waals surface area contributed by atoms with Crippen LogP contribution in [0.25, 0.3) is 0 Å². The van der Waals surface area contributed by atoms with E-state index in [0.29, 0.717) is 13.0 Å². The number of halogens is 4. The topological polar surface area (TPSA) is 61.4 Å². The van der Waals surface area contributed by atoms with Crippen molar-refractivity contribution in [3.63, 3.8) is 0 Å². The van der Waals surface area contributed by atoms with Crippen molar-refractivity contribution in [2.45, 2.75) is 12.6 Å². The largest absolute Gasteiger partial charge is 0.417 e. The number of hydrogen-bond donors (Lipinski definition) is 2. The number of likely N-dealkylation sites (N-methyl/N-ethyl adjacent to an activating group) is 1. The maximum absolute atomic E-state index is 12.8. The standard InChI is InChI=1S/C15H17ClF3N3O2/c1-22(14(24)9-4-5-20-7-9)8-13(23)21-10-2-3-12(16)11(6-10)15(17,18)19/h2-3,6,9,20H,4-5,7-8H2,1H3,(H,21,23).